The molecule has 0 bridgehead atoms. The summed E-state index contributed by atoms with van der Waals surface area (Å²) in [5, 5.41) is -0.689. The first-order valence-electron chi connectivity index (χ1n) is 4.26. The fraction of sp³-hybridized carbons (Fsp3) is 0.300. The maximum atomic E-state index is 12.9. The van der Waals surface area contributed by atoms with Crippen LogP contribution in [0.15, 0.2) is 18.2 Å². The van der Waals surface area contributed by atoms with Gasteiger partial charge in [-0.1, -0.05) is 6.92 Å². The number of carbonyl (C=O) groups excluding carboxylic acids is 1. The lowest BCUT2D eigenvalue weighted by Gasteiger charge is -2.05. The van der Waals surface area contributed by atoms with Crippen molar-refractivity contribution in [2.75, 3.05) is 6.61 Å². The molecule has 0 atom stereocenters. The summed E-state index contributed by atoms with van der Waals surface area (Å²) in [6, 6.07) is 3.72. The van der Waals surface area contributed by atoms with Crippen LogP contribution in [0.5, 0.6) is 5.75 Å². The summed E-state index contributed by atoms with van der Waals surface area (Å²) in [5.41, 5.74) is 0.109. The minimum absolute atomic E-state index is 0.109. The maximum Gasteiger partial charge on any atom is 0.252 e. The van der Waals surface area contributed by atoms with Crippen LogP contribution < -0.4 is 4.74 Å². The molecule has 0 spiro atoms. The molecule has 0 aliphatic heterocycles. The van der Waals surface area contributed by atoms with Crippen molar-refractivity contribution in [1.29, 1.82) is 0 Å². The highest BCUT2D eigenvalue weighted by atomic mass is 35.5. The summed E-state index contributed by atoms with van der Waals surface area (Å²) in [5.74, 6) is -0.196. The number of ether oxygens (including phenoxy) is 1. The maximum absolute atomic E-state index is 12.9. The lowest BCUT2D eigenvalue weighted by atomic mass is 10.2. The van der Waals surface area contributed by atoms with Crippen molar-refractivity contribution >= 4 is 16.8 Å². The zero-order chi connectivity index (χ0) is 10.6. The number of rotatable bonds is 4. The first-order valence-corrected chi connectivity index (χ1v) is 4.64. The Morgan fingerprint density at radius 2 is 2.21 bits per heavy atom. The molecule has 1 aromatic carbocycles. The minimum Gasteiger partial charge on any atom is -0.493 e. The molecule has 0 saturated carbocycles. The van der Waals surface area contributed by atoms with Gasteiger partial charge in [-0.25, -0.2) is 4.39 Å². The van der Waals surface area contributed by atoms with E-state index in [9.17, 15) is 9.18 Å². The van der Waals surface area contributed by atoms with Gasteiger partial charge in [0.25, 0.3) is 5.24 Å². The third kappa shape index (κ3) is 3.00. The van der Waals surface area contributed by atoms with Crippen molar-refractivity contribution in [3.05, 3.63) is 29.6 Å². The van der Waals surface area contributed by atoms with Crippen molar-refractivity contribution < 1.29 is 13.9 Å². The molecule has 0 fully saturated rings. The SMILES string of the molecule is CCCOc1cc(F)cc(C(=O)Cl)c1. The van der Waals surface area contributed by atoms with Gasteiger partial charge in [-0.15, -0.1) is 0 Å². The van der Waals surface area contributed by atoms with E-state index in [-0.39, 0.29) is 5.56 Å². The highest BCUT2D eigenvalue weighted by Crippen LogP contribution is 2.17. The first kappa shape index (κ1) is 11.0. The van der Waals surface area contributed by atoms with Crippen LogP contribution in [0.3, 0.4) is 0 Å². The molecule has 0 unspecified atom stereocenters. The van der Waals surface area contributed by atoms with Crippen molar-refractivity contribution in [3.8, 4) is 5.75 Å². The van der Waals surface area contributed by atoms with Gasteiger partial charge < -0.3 is 4.74 Å². The second-order valence-electron chi connectivity index (χ2n) is 2.80. The zero-order valence-corrected chi connectivity index (χ0v) is 8.47. The summed E-state index contributed by atoms with van der Waals surface area (Å²) in [6.45, 7) is 2.42. The normalized spacial score (nSPS) is 9.93. The zero-order valence-electron chi connectivity index (χ0n) is 7.72. The number of halogens is 2. The molecule has 4 heteroatoms. The average Bonchev–Trinajstić information content (AvgIpc) is 2.14. The van der Waals surface area contributed by atoms with E-state index in [1.54, 1.807) is 0 Å². The molecule has 0 aliphatic carbocycles. The van der Waals surface area contributed by atoms with Crippen LogP contribution in [-0.4, -0.2) is 11.8 Å². The molecule has 0 radical (unpaired) electrons. The van der Waals surface area contributed by atoms with E-state index >= 15 is 0 Å². The van der Waals surface area contributed by atoms with Gasteiger partial charge in [0.2, 0.25) is 0 Å². The summed E-state index contributed by atoms with van der Waals surface area (Å²) in [4.78, 5) is 10.8. The van der Waals surface area contributed by atoms with E-state index in [1.165, 1.54) is 12.1 Å². The standard InChI is InChI=1S/C10H10ClFO2/c1-2-3-14-9-5-7(10(11)13)4-8(12)6-9/h4-6H,2-3H2,1H3. The number of benzene rings is 1. The second-order valence-corrected chi connectivity index (χ2v) is 3.14. The van der Waals surface area contributed by atoms with Gasteiger partial charge >= 0.3 is 0 Å². The van der Waals surface area contributed by atoms with Crippen molar-refractivity contribution in [3.63, 3.8) is 0 Å². The highest BCUT2D eigenvalue weighted by Gasteiger charge is 2.06. The van der Waals surface area contributed by atoms with Gasteiger partial charge in [0.05, 0.1) is 6.61 Å². The Morgan fingerprint density at radius 3 is 2.79 bits per heavy atom. The number of hydrogen-bond donors (Lipinski definition) is 0. The lowest BCUT2D eigenvalue weighted by Crippen LogP contribution is -1.98. The van der Waals surface area contributed by atoms with Gasteiger partial charge in [-0.05, 0) is 30.2 Å². The molecular weight excluding hydrogens is 207 g/mol. The van der Waals surface area contributed by atoms with E-state index in [0.29, 0.717) is 12.4 Å². The lowest BCUT2D eigenvalue weighted by molar-refractivity contribution is 0.108. The van der Waals surface area contributed by atoms with E-state index in [2.05, 4.69) is 0 Å². The Bertz CT molecular complexity index is 339. The fourth-order valence-electron chi connectivity index (χ4n) is 0.979. The molecule has 2 nitrogen and oxygen atoms in total. The summed E-state index contributed by atoms with van der Waals surface area (Å²) in [6.07, 6.45) is 0.820. The molecule has 0 saturated heterocycles. The molecular formula is C10H10ClFO2. The molecule has 76 valence electrons. The van der Waals surface area contributed by atoms with Gasteiger partial charge in [0.1, 0.15) is 11.6 Å². The van der Waals surface area contributed by atoms with Crippen LogP contribution in [0.2, 0.25) is 0 Å². The Balaban J connectivity index is 2.89. The van der Waals surface area contributed by atoms with Gasteiger partial charge in [-0.2, -0.15) is 0 Å². The van der Waals surface area contributed by atoms with Gasteiger partial charge in [-0.3, -0.25) is 4.79 Å². The third-order valence-corrected chi connectivity index (χ3v) is 1.79. The van der Waals surface area contributed by atoms with E-state index < -0.39 is 11.1 Å². The highest BCUT2D eigenvalue weighted by molar-refractivity contribution is 6.67. The quantitative estimate of drug-likeness (QED) is 0.724. The van der Waals surface area contributed by atoms with Crippen LogP contribution in [-0.2, 0) is 0 Å². The molecule has 0 N–H and O–H groups in total. The Morgan fingerprint density at radius 1 is 1.50 bits per heavy atom. The predicted molar refractivity (Wildman–Crippen MR) is 52.4 cm³/mol. The van der Waals surface area contributed by atoms with Crippen LogP contribution in [0.25, 0.3) is 0 Å². The van der Waals surface area contributed by atoms with Crippen LogP contribution in [0.1, 0.15) is 23.7 Å². The second kappa shape index (κ2) is 4.96. The Labute approximate surface area is 86.6 Å². The minimum atomic E-state index is -0.689. The number of hydrogen-bond acceptors (Lipinski definition) is 2. The third-order valence-electron chi connectivity index (χ3n) is 1.57. The molecule has 0 amide bonds. The summed E-state index contributed by atoms with van der Waals surface area (Å²) in [7, 11) is 0. The average molecular weight is 217 g/mol. The molecule has 0 aromatic heterocycles. The van der Waals surface area contributed by atoms with Crippen molar-refractivity contribution in [2.45, 2.75) is 13.3 Å². The van der Waals surface area contributed by atoms with Gasteiger partial charge in [0, 0.05) is 11.6 Å². The van der Waals surface area contributed by atoms with Crippen molar-refractivity contribution in [1.82, 2.24) is 0 Å². The topological polar surface area (TPSA) is 26.3 Å². The van der Waals surface area contributed by atoms with Crippen LogP contribution in [0, 0.1) is 5.82 Å². The molecule has 0 heterocycles. The van der Waals surface area contributed by atoms with E-state index in [0.717, 1.165) is 12.5 Å². The van der Waals surface area contributed by atoms with Crippen LogP contribution >= 0.6 is 11.6 Å². The Kier molecular flexibility index (Phi) is 3.89. The predicted octanol–water partition coefficient (Wildman–Crippen LogP) is 2.99. The van der Waals surface area contributed by atoms with Gasteiger partial charge in [0.15, 0.2) is 0 Å². The van der Waals surface area contributed by atoms with Crippen LogP contribution in [0.4, 0.5) is 4.39 Å². The smallest absolute Gasteiger partial charge is 0.252 e. The Hall–Kier alpha value is -1.09. The molecule has 14 heavy (non-hydrogen) atoms. The van der Waals surface area contributed by atoms with E-state index in [4.69, 9.17) is 16.3 Å². The van der Waals surface area contributed by atoms with Crippen molar-refractivity contribution in [2.24, 2.45) is 0 Å². The molecule has 0 aliphatic rings. The largest absolute Gasteiger partial charge is 0.493 e. The molecule has 1 aromatic rings. The molecule has 1 rings (SSSR count). The summed E-state index contributed by atoms with van der Waals surface area (Å²) < 4.78 is 18.1. The van der Waals surface area contributed by atoms with E-state index in [1.807, 2.05) is 6.92 Å². The fourth-order valence-corrected chi connectivity index (χ4v) is 1.09. The monoisotopic (exact) mass is 216 g/mol. The number of carbonyl (C=O) groups is 1. The first-order chi connectivity index (χ1) is 6.63. The summed E-state index contributed by atoms with van der Waals surface area (Å²) >= 11 is 5.22.